The number of nitrogens with zero attached hydrogens (tertiary/aromatic N) is 2. The molecule has 0 unspecified atom stereocenters. The third-order valence-electron chi connectivity index (χ3n) is 1.95. The van der Waals surface area contributed by atoms with Gasteiger partial charge in [0.05, 0.1) is 10.1 Å². The molecule has 0 aliphatic carbocycles. The minimum atomic E-state index is -0.253. The third kappa shape index (κ3) is 3.93. The Balaban J connectivity index is 2.69. The molecule has 0 atom stereocenters. The zero-order chi connectivity index (χ0) is 11.5. The number of ether oxygens (including phenoxy) is 1. The first-order valence-corrected chi connectivity index (χ1v) is 5.59. The second-order valence-corrected chi connectivity index (χ2v) is 4.85. The molecule has 4 nitrogen and oxygen atoms in total. The lowest BCUT2D eigenvalue weighted by molar-refractivity contribution is 0.0343. The van der Waals surface area contributed by atoms with Gasteiger partial charge in [-0.3, -0.25) is 0 Å². The van der Waals surface area contributed by atoms with Crippen molar-refractivity contribution in [1.82, 2.24) is 9.97 Å². The molecule has 1 heterocycles. The molecular formula is C9H13BrClN3O. The second kappa shape index (κ2) is 5.09. The van der Waals surface area contributed by atoms with Gasteiger partial charge in [-0.15, -0.1) is 0 Å². The number of hydrogen-bond donors (Lipinski definition) is 1. The molecular weight excluding hydrogens is 281 g/mol. The first kappa shape index (κ1) is 12.7. The van der Waals surface area contributed by atoms with Crippen LogP contribution in [0.15, 0.2) is 10.7 Å². The number of rotatable bonds is 4. The number of hydrogen-bond acceptors (Lipinski definition) is 4. The summed E-state index contributed by atoms with van der Waals surface area (Å²) < 4.78 is 6.05. The molecule has 0 aliphatic rings. The van der Waals surface area contributed by atoms with Crippen LogP contribution in [0.25, 0.3) is 0 Å². The maximum Gasteiger partial charge on any atom is 0.224 e. The van der Waals surface area contributed by atoms with Gasteiger partial charge >= 0.3 is 0 Å². The standard InChI is InChI=1S/C9H13BrClN3O/c1-9(2,15-3)5-13-7-6(10)4-12-8(11)14-7/h4H,5H2,1-3H3,(H,12,13,14). The van der Waals surface area contributed by atoms with Crippen LogP contribution in [-0.2, 0) is 4.74 Å². The second-order valence-electron chi connectivity index (χ2n) is 3.65. The summed E-state index contributed by atoms with van der Waals surface area (Å²) in [6, 6.07) is 0. The molecule has 0 fully saturated rings. The van der Waals surface area contributed by atoms with Crippen molar-refractivity contribution in [2.75, 3.05) is 19.0 Å². The molecule has 1 aromatic rings. The molecule has 0 aromatic carbocycles. The van der Waals surface area contributed by atoms with E-state index < -0.39 is 0 Å². The SMILES string of the molecule is COC(C)(C)CNc1nc(Cl)ncc1Br. The highest BCUT2D eigenvalue weighted by molar-refractivity contribution is 9.10. The molecule has 0 aliphatic heterocycles. The summed E-state index contributed by atoms with van der Waals surface area (Å²) in [5.41, 5.74) is -0.253. The van der Waals surface area contributed by atoms with Gasteiger partial charge in [-0.05, 0) is 41.4 Å². The van der Waals surface area contributed by atoms with E-state index in [1.807, 2.05) is 13.8 Å². The van der Waals surface area contributed by atoms with Gasteiger partial charge in [0.1, 0.15) is 5.82 Å². The predicted octanol–water partition coefficient (Wildman–Crippen LogP) is 2.73. The topological polar surface area (TPSA) is 47.0 Å². The largest absolute Gasteiger partial charge is 0.377 e. The Morgan fingerprint density at radius 1 is 1.60 bits per heavy atom. The van der Waals surface area contributed by atoms with E-state index in [-0.39, 0.29) is 10.9 Å². The Kier molecular flexibility index (Phi) is 4.31. The molecule has 0 saturated carbocycles. The smallest absolute Gasteiger partial charge is 0.224 e. The third-order valence-corrected chi connectivity index (χ3v) is 2.71. The van der Waals surface area contributed by atoms with Gasteiger partial charge in [-0.25, -0.2) is 4.98 Å². The van der Waals surface area contributed by atoms with Crippen LogP contribution in [0.5, 0.6) is 0 Å². The van der Waals surface area contributed by atoms with Gasteiger partial charge in [0.15, 0.2) is 0 Å². The molecule has 1 aromatic heterocycles. The van der Waals surface area contributed by atoms with Crippen molar-refractivity contribution in [3.8, 4) is 0 Å². The van der Waals surface area contributed by atoms with Crippen molar-refractivity contribution >= 4 is 33.3 Å². The summed E-state index contributed by atoms with van der Waals surface area (Å²) in [7, 11) is 1.67. The minimum absolute atomic E-state index is 0.218. The van der Waals surface area contributed by atoms with Crippen molar-refractivity contribution in [3.05, 3.63) is 16.0 Å². The van der Waals surface area contributed by atoms with Crippen LogP contribution in [0.4, 0.5) is 5.82 Å². The zero-order valence-electron chi connectivity index (χ0n) is 8.84. The maximum atomic E-state index is 5.69. The van der Waals surface area contributed by atoms with Crippen LogP contribution < -0.4 is 5.32 Å². The maximum absolute atomic E-state index is 5.69. The molecule has 0 spiro atoms. The number of aromatic nitrogens is 2. The number of halogens is 2. The molecule has 15 heavy (non-hydrogen) atoms. The Labute approximate surface area is 103 Å². The highest BCUT2D eigenvalue weighted by Crippen LogP contribution is 2.21. The summed E-state index contributed by atoms with van der Waals surface area (Å²) in [5, 5.41) is 3.36. The summed E-state index contributed by atoms with van der Waals surface area (Å²) >= 11 is 9.02. The Morgan fingerprint density at radius 2 is 2.27 bits per heavy atom. The average molecular weight is 295 g/mol. The Bertz CT molecular complexity index is 346. The van der Waals surface area contributed by atoms with Crippen molar-refractivity contribution in [1.29, 1.82) is 0 Å². The molecule has 0 radical (unpaired) electrons. The van der Waals surface area contributed by atoms with Crippen LogP contribution in [0.1, 0.15) is 13.8 Å². The van der Waals surface area contributed by atoms with Gasteiger partial charge in [-0.2, -0.15) is 4.98 Å². The first-order valence-electron chi connectivity index (χ1n) is 4.42. The van der Waals surface area contributed by atoms with Crippen molar-refractivity contribution < 1.29 is 4.74 Å². The lowest BCUT2D eigenvalue weighted by atomic mass is 10.1. The average Bonchev–Trinajstić information content (AvgIpc) is 2.20. The quantitative estimate of drug-likeness (QED) is 0.868. The molecule has 0 amide bonds. The molecule has 1 N–H and O–H groups in total. The van der Waals surface area contributed by atoms with E-state index in [0.717, 1.165) is 4.47 Å². The Hall–Kier alpha value is -0.390. The van der Waals surface area contributed by atoms with E-state index in [0.29, 0.717) is 12.4 Å². The lowest BCUT2D eigenvalue weighted by Gasteiger charge is -2.23. The summed E-state index contributed by atoms with van der Waals surface area (Å²) in [6.45, 7) is 4.60. The van der Waals surface area contributed by atoms with Gasteiger partial charge in [0.2, 0.25) is 5.28 Å². The predicted molar refractivity (Wildman–Crippen MR) is 64.3 cm³/mol. The molecule has 1 rings (SSSR count). The highest BCUT2D eigenvalue weighted by Gasteiger charge is 2.16. The van der Waals surface area contributed by atoms with Crippen molar-refractivity contribution in [3.63, 3.8) is 0 Å². The first-order chi connectivity index (χ1) is 6.94. The van der Waals surface area contributed by atoms with E-state index in [1.54, 1.807) is 13.3 Å². The van der Waals surface area contributed by atoms with E-state index in [1.165, 1.54) is 0 Å². The fraction of sp³-hybridized carbons (Fsp3) is 0.556. The van der Waals surface area contributed by atoms with Gasteiger partial charge in [0.25, 0.3) is 0 Å². The normalized spacial score (nSPS) is 11.5. The van der Waals surface area contributed by atoms with E-state index >= 15 is 0 Å². The van der Waals surface area contributed by atoms with Crippen molar-refractivity contribution in [2.45, 2.75) is 19.4 Å². The van der Waals surface area contributed by atoms with Crippen LogP contribution in [0, 0.1) is 0 Å². The highest BCUT2D eigenvalue weighted by atomic mass is 79.9. The monoisotopic (exact) mass is 293 g/mol. The fourth-order valence-electron chi connectivity index (χ4n) is 0.838. The zero-order valence-corrected chi connectivity index (χ0v) is 11.2. The van der Waals surface area contributed by atoms with Gasteiger partial charge < -0.3 is 10.1 Å². The lowest BCUT2D eigenvalue weighted by Crippen LogP contribution is -2.32. The van der Waals surface area contributed by atoms with Crippen molar-refractivity contribution in [2.24, 2.45) is 0 Å². The number of methoxy groups -OCH3 is 1. The molecule has 0 bridgehead atoms. The van der Waals surface area contributed by atoms with Gasteiger partial charge in [0, 0.05) is 19.9 Å². The molecule has 0 saturated heterocycles. The summed E-state index contributed by atoms with van der Waals surface area (Å²) in [4.78, 5) is 7.89. The summed E-state index contributed by atoms with van der Waals surface area (Å²) in [5.74, 6) is 0.667. The minimum Gasteiger partial charge on any atom is -0.377 e. The number of anilines is 1. The Morgan fingerprint density at radius 3 is 2.87 bits per heavy atom. The summed E-state index contributed by atoms with van der Waals surface area (Å²) in [6.07, 6.45) is 1.61. The van der Waals surface area contributed by atoms with Crippen LogP contribution in [-0.4, -0.2) is 29.2 Å². The van der Waals surface area contributed by atoms with E-state index in [4.69, 9.17) is 16.3 Å². The fourth-order valence-corrected chi connectivity index (χ4v) is 1.30. The van der Waals surface area contributed by atoms with E-state index in [2.05, 4.69) is 31.2 Å². The number of nitrogens with one attached hydrogen (secondary N) is 1. The molecule has 84 valence electrons. The van der Waals surface area contributed by atoms with Crippen LogP contribution >= 0.6 is 27.5 Å². The van der Waals surface area contributed by atoms with E-state index in [9.17, 15) is 0 Å². The van der Waals surface area contributed by atoms with Crippen LogP contribution in [0.3, 0.4) is 0 Å². The van der Waals surface area contributed by atoms with Gasteiger partial charge in [-0.1, -0.05) is 0 Å². The van der Waals surface area contributed by atoms with Crippen LogP contribution in [0.2, 0.25) is 5.28 Å². The molecule has 6 heteroatoms.